The zero-order valence-corrected chi connectivity index (χ0v) is 15.6. The van der Waals surface area contributed by atoms with Crippen molar-refractivity contribution in [3.8, 4) is 11.1 Å². The molecule has 1 aromatic carbocycles. The number of piperidine rings is 1. The average Bonchev–Trinajstić information content (AvgIpc) is 3.23. The number of benzene rings is 1. The molecule has 1 saturated heterocycles. The summed E-state index contributed by atoms with van der Waals surface area (Å²) in [5, 5.41) is 7.33. The number of rotatable bonds is 5. The highest BCUT2D eigenvalue weighted by atomic mass is 19.1. The molecule has 3 heterocycles. The van der Waals surface area contributed by atoms with Gasteiger partial charge in [-0.3, -0.25) is 14.9 Å². The van der Waals surface area contributed by atoms with Gasteiger partial charge in [0, 0.05) is 49.1 Å². The third kappa shape index (κ3) is 4.11. The van der Waals surface area contributed by atoms with E-state index >= 15 is 0 Å². The highest BCUT2D eigenvalue weighted by molar-refractivity contribution is 5.76. The van der Waals surface area contributed by atoms with Gasteiger partial charge in [0.25, 0.3) is 0 Å². The maximum atomic E-state index is 13.2. The molecule has 144 valence electrons. The van der Waals surface area contributed by atoms with Crippen LogP contribution in [0.4, 0.5) is 4.39 Å². The normalized spacial score (nSPS) is 16.9. The van der Waals surface area contributed by atoms with E-state index in [-0.39, 0.29) is 17.6 Å². The summed E-state index contributed by atoms with van der Waals surface area (Å²) in [6.45, 7) is 1.48. The van der Waals surface area contributed by atoms with Gasteiger partial charge >= 0.3 is 0 Å². The number of amides is 1. The summed E-state index contributed by atoms with van der Waals surface area (Å²) in [4.78, 5) is 18.8. The van der Waals surface area contributed by atoms with E-state index in [1.807, 2.05) is 23.2 Å². The lowest BCUT2D eigenvalue weighted by Crippen LogP contribution is -2.39. The first-order chi connectivity index (χ1) is 13.7. The number of pyridine rings is 1. The number of H-pyrrole nitrogens is 1. The molecule has 3 aromatic rings. The number of halogens is 1. The summed E-state index contributed by atoms with van der Waals surface area (Å²) < 4.78 is 13.2. The summed E-state index contributed by atoms with van der Waals surface area (Å²) in [6, 6.07) is 10.3. The van der Waals surface area contributed by atoms with E-state index in [1.54, 1.807) is 24.5 Å². The topological polar surface area (TPSA) is 61.9 Å². The Kier molecular flexibility index (Phi) is 5.46. The smallest absolute Gasteiger partial charge is 0.222 e. The largest absolute Gasteiger partial charge is 0.342 e. The van der Waals surface area contributed by atoms with E-state index in [1.165, 1.54) is 12.1 Å². The molecular formula is C22H23FN4O. The Morgan fingerprint density at radius 2 is 2.07 bits per heavy atom. The fraction of sp³-hybridized carbons (Fsp3) is 0.318. The quantitative estimate of drug-likeness (QED) is 0.731. The molecule has 0 saturated carbocycles. The third-order valence-corrected chi connectivity index (χ3v) is 5.36. The number of hydrogen-bond acceptors (Lipinski definition) is 3. The molecule has 4 rings (SSSR count). The van der Waals surface area contributed by atoms with E-state index in [2.05, 4.69) is 15.2 Å². The molecule has 5 nitrogen and oxygen atoms in total. The Hall–Kier alpha value is -3.02. The first kappa shape index (κ1) is 18.3. The van der Waals surface area contributed by atoms with Crippen LogP contribution in [-0.4, -0.2) is 39.1 Å². The van der Waals surface area contributed by atoms with E-state index in [4.69, 9.17) is 0 Å². The van der Waals surface area contributed by atoms with E-state index in [0.717, 1.165) is 41.8 Å². The van der Waals surface area contributed by atoms with Crippen molar-refractivity contribution in [1.82, 2.24) is 20.1 Å². The predicted octanol–water partition coefficient (Wildman–Crippen LogP) is 3.95. The second-order valence-electron chi connectivity index (χ2n) is 7.24. The molecule has 0 bridgehead atoms. The molecule has 1 N–H and O–H groups in total. The van der Waals surface area contributed by atoms with E-state index < -0.39 is 0 Å². The van der Waals surface area contributed by atoms with Crippen molar-refractivity contribution in [1.29, 1.82) is 0 Å². The minimum Gasteiger partial charge on any atom is -0.342 e. The minimum absolute atomic E-state index is 0.177. The predicted molar refractivity (Wildman–Crippen MR) is 105 cm³/mol. The van der Waals surface area contributed by atoms with Crippen molar-refractivity contribution < 1.29 is 9.18 Å². The number of hydrogen-bond donors (Lipinski definition) is 1. The minimum atomic E-state index is -0.253. The molecule has 1 atom stereocenters. The molecule has 2 aromatic heterocycles. The van der Waals surface area contributed by atoms with Crippen molar-refractivity contribution >= 4 is 5.91 Å². The molecule has 1 aliphatic heterocycles. The van der Waals surface area contributed by atoms with Gasteiger partial charge in [-0.05, 0) is 48.6 Å². The average molecular weight is 378 g/mol. The van der Waals surface area contributed by atoms with Crippen LogP contribution in [0.15, 0.2) is 55.0 Å². The maximum Gasteiger partial charge on any atom is 0.222 e. The molecule has 6 heteroatoms. The van der Waals surface area contributed by atoms with Gasteiger partial charge in [0.1, 0.15) is 5.82 Å². The van der Waals surface area contributed by atoms with Gasteiger partial charge in [0.05, 0.1) is 6.20 Å². The number of nitrogens with zero attached hydrogens (tertiary/aromatic N) is 3. The van der Waals surface area contributed by atoms with Crippen LogP contribution in [0.25, 0.3) is 11.1 Å². The van der Waals surface area contributed by atoms with E-state index in [9.17, 15) is 9.18 Å². The van der Waals surface area contributed by atoms with Crippen LogP contribution in [-0.2, 0) is 11.2 Å². The fourth-order valence-electron chi connectivity index (χ4n) is 3.86. The second kappa shape index (κ2) is 8.33. The molecule has 28 heavy (non-hydrogen) atoms. The number of carbonyl (C=O) groups is 1. The highest BCUT2D eigenvalue weighted by Crippen LogP contribution is 2.33. The van der Waals surface area contributed by atoms with Gasteiger partial charge in [0.15, 0.2) is 0 Å². The van der Waals surface area contributed by atoms with Gasteiger partial charge in [-0.25, -0.2) is 4.39 Å². The molecule has 0 radical (unpaired) electrons. The zero-order valence-electron chi connectivity index (χ0n) is 15.6. The number of nitrogens with one attached hydrogen (secondary N) is 1. The Morgan fingerprint density at radius 3 is 2.86 bits per heavy atom. The number of likely N-dealkylation sites (tertiary alicyclic amines) is 1. The van der Waals surface area contributed by atoms with Crippen LogP contribution in [0.5, 0.6) is 0 Å². The highest BCUT2D eigenvalue weighted by Gasteiger charge is 2.27. The summed E-state index contributed by atoms with van der Waals surface area (Å²) in [5.74, 6) is 0.131. The van der Waals surface area contributed by atoms with Crippen molar-refractivity contribution in [2.75, 3.05) is 13.1 Å². The molecular weight excluding hydrogens is 355 g/mol. The van der Waals surface area contributed by atoms with E-state index in [0.29, 0.717) is 19.4 Å². The standard InChI is InChI=1S/C22H23FN4O/c23-19-8-6-17(7-9-19)20-14-25-26-22(20)18-4-2-12-27(15-18)21(28)10-5-16-3-1-11-24-13-16/h1,3,6-9,11,13-14,18H,2,4-5,10,12,15H2,(H,25,26). The van der Waals surface area contributed by atoms with Gasteiger partial charge in [-0.1, -0.05) is 18.2 Å². The van der Waals surface area contributed by atoms with Crippen molar-refractivity contribution in [3.05, 3.63) is 72.1 Å². The van der Waals surface area contributed by atoms with Crippen LogP contribution in [0.1, 0.15) is 36.4 Å². The second-order valence-corrected chi connectivity index (χ2v) is 7.24. The molecule has 0 aliphatic carbocycles. The first-order valence-corrected chi connectivity index (χ1v) is 9.66. The summed E-state index contributed by atoms with van der Waals surface area (Å²) in [6.07, 6.45) is 8.50. The number of aromatic nitrogens is 3. The number of carbonyl (C=O) groups excluding carboxylic acids is 1. The Bertz CT molecular complexity index is 923. The van der Waals surface area contributed by atoms with Gasteiger partial charge < -0.3 is 4.90 Å². The van der Waals surface area contributed by atoms with Gasteiger partial charge in [-0.2, -0.15) is 5.10 Å². The number of aromatic amines is 1. The molecule has 1 fully saturated rings. The lowest BCUT2D eigenvalue weighted by molar-refractivity contribution is -0.132. The maximum absolute atomic E-state index is 13.2. The Labute approximate surface area is 163 Å². The summed E-state index contributed by atoms with van der Waals surface area (Å²) in [7, 11) is 0. The van der Waals surface area contributed by atoms with Crippen molar-refractivity contribution in [2.45, 2.75) is 31.6 Å². The molecule has 0 spiro atoms. The number of aryl methyl sites for hydroxylation is 1. The summed E-state index contributed by atoms with van der Waals surface area (Å²) in [5.41, 5.74) is 4.02. The lowest BCUT2D eigenvalue weighted by Gasteiger charge is -2.33. The lowest BCUT2D eigenvalue weighted by atomic mass is 9.90. The van der Waals surface area contributed by atoms with Crippen LogP contribution < -0.4 is 0 Å². The SMILES string of the molecule is O=C(CCc1cccnc1)N1CCCC(c2[nH]ncc2-c2ccc(F)cc2)C1. The Morgan fingerprint density at radius 1 is 1.21 bits per heavy atom. The van der Waals surface area contributed by atoms with Crippen LogP contribution in [0.2, 0.25) is 0 Å². The first-order valence-electron chi connectivity index (χ1n) is 9.66. The van der Waals surface area contributed by atoms with Crippen LogP contribution >= 0.6 is 0 Å². The van der Waals surface area contributed by atoms with Crippen LogP contribution in [0.3, 0.4) is 0 Å². The van der Waals surface area contributed by atoms with Gasteiger partial charge in [0.2, 0.25) is 5.91 Å². The molecule has 1 aliphatic rings. The van der Waals surface area contributed by atoms with Crippen molar-refractivity contribution in [2.24, 2.45) is 0 Å². The van der Waals surface area contributed by atoms with Crippen molar-refractivity contribution in [3.63, 3.8) is 0 Å². The fourth-order valence-corrected chi connectivity index (χ4v) is 3.86. The molecule has 1 unspecified atom stereocenters. The zero-order chi connectivity index (χ0) is 19.3. The third-order valence-electron chi connectivity index (χ3n) is 5.36. The van der Waals surface area contributed by atoms with Crippen LogP contribution in [0, 0.1) is 5.82 Å². The molecule has 1 amide bonds. The monoisotopic (exact) mass is 378 g/mol. The van der Waals surface area contributed by atoms with Gasteiger partial charge in [-0.15, -0.1) is 0 Å². The summed E-state index contributed by atoms with van der Waals surface area (Å²) >= 11 is 0. The Balaban J connectivity index is 1.43.